The third-order valence-corrected chi connectivity index (χ3v) is 6.17. The van der Waals surface area contributed by atoms with Crippen LogP contribution in [0.25, 0.3) is 0 Å². The van der Waals surface area contributed by atoms with E-state index in [0.717, 1.165) is 58.6 Å². The zero-order valence-corrected chi connectivity index (χ0v) is 19.6. The van der Waals surface area contributed by atoms with E-state index in [2.05, 4.69) is 17.1 Å². The van der Waals surface area contributed by atoms with E-state index in [0.29, 0.717) is 6.61 Å². The van der Waals surface area contributed by atoms with Crippen LogP contribution < -0.4 is 5.32 Å². The van der Waals surface area contributed by atoms with E-state index >= 15 is 0 Å². The minimum atomic E-state index is -0.272. The smallest absolute Gasteiger partial charge is 0.0773 e. The molecule has 4 heteroatoms. The summed E-state index contributed by atoms with van der Waals surface area (Å²) < 4.78 is 5.66. The van der Waals surface area contributed by atoms with Gasteiger partial charge in [0.05, 0.1) is 12.7 Å². The molecule has 1 aliphatic rings. The van der Waals surface area contributed by atoms with Crippen LogP contribution in [-0.2, 0) is 4.74 Å². The summed E-state index contributed by atoms with van der Waals surface area (Å²) in [4.78, 5) is 2.49. The van der Waals surface area contributed by atoms with Crippen molar-refractivity contribution < 1.29 is 9.84 Å². The van der Waals surface area contributed by atoms with Gasteiger partial charge in [-0.1, -0.05) is 96.8 Å². The molecule has 0 saturated carbocycles. The second-order valence-electron chi connectivity index (χ2n) is 9.06. The lowest BCUT2D eigenvalue weighted by molar-refractivity contribution is 0.0275. The number of aliphatic hydroxyl groups excluding tert-OH is 1. The Morgan fingerprint density at radius 3 is 1.83 bits per heavy atom. The molecule has 4 nitrogen and oxygen atoms in total. The minimum Gasteiger partial charge on any atom is -0.391 e. The van der Waals surface area contributed by atoms with Gasteiger partial charge in [0.2, 0.25) is 0 Å². The highest BCUT2D eigenvalue weighted by Gasteiger charge is 2.09. The van der Waals surface area contributed by atoms with Crippen molar-refractivity contribution in [1.29, 1.82) is 0 Å². The summed E-state index contributed by atoms with van der Waals surface area (Å²) in [6.07, 6.45) is 21.0. The molecule has 0 aromatic rings. The first kappa shape index (κ1) is 26.9. The topological polar surface area (TPSA) is 44.7 Å². The number of unbranched alkanes of at least 4 members (excludes halogenated alkanes) is 13. The fraction of sp³-hybridized carbons (Fsp3) is 1.00. The van der Waals surface area contributed by atoms with Crippen LogP contribution >= 0.6 is 0 Å². The maximum Gasteiger partial charge on any atom is 0.0773 e. The first-order chi connectivity index (χ1) is 14.3. The summed E-state index contributed by atoms with van der Waals surface area (Å²) in [6, 6.07) is 0. The Morgan fingerprint density at radius 2 is 1.28 bits per heavy atom. The molecule has 0 aliphatic carbocycles. The zero-order chi connectivity index (χ0) is 20.8. The van der Waals surface area contributed by atoms with Gasteiger partial charge in [0.1, 0.15) is 0 Å². The highest BCUT2D eigenvalue weighted by Crippen LogP contribution is 2.13. The van der Waals surface area contributed by atoms with Gasteiger partial charge < -0.3 is 20.1 Å². The Bertz CT molecular complexity index is 322. The maximum absolute atomic E-state index is 10.0. The predicted octanol–water partition coefficient (Wildman–Crippen LogP) is 5.53. The van der Waals surface area contributed by atoms with Gasteiger partial charge in [0, 0.05) is 39.3 Å². The Kier molecular flexibility index (Phi) is 19.5. The van der Waals surface area contributed by atoms with Gasteiger partial charge >= 0.3 is 0 Å². The van der Waals surface area contributed by atoms with Crippen molar-refractivity contribution in [2.45, 2.75) is 116 Å². The third kappa shape index (κ3) is 18.3. The second kappa shape index (κ2) is 21.1. The quantitative estimate of drug-likeness (QED) is 0.243. The van der Waals surface area contributed by atoms with Crippen molar-refractivity contribution in [3.8, 4) is 0 Å². The predicted molar refractivity (Wildman–Crippen MR) is 126 cm³/mol. The number of nitrogens with zero attached hydrogens (tertiary/aromatic N) is 1. The fourth-order valence-corrected chi connectivity index (χ4v) is 4.20. The molecular formula is C25H52N2O2. The van der Waals surface area contributed by atoms with E-state index in [4.69, 9.17) is 4.74 Å². The van der Waals surface area contributed by atoms with Crippen LogP contribution in [0.5, 0.6) is 0 Å². The van der Waals surface area contributed by atoms with Crippen molar-refractivity contribution in [2.24, 2.45) is 0 Å². The average molecular weight is 413 g/mol. The lowest BCUT2D eigenvalue weighted by Gasteiger charge is -2.27. The molecule has 1 aliphatic heterocycles. The molecule has 0 aromatic heterocycles. The highest BCUT2D eigenvalue weighted by molar-refractivity contribution is 4.67. The van der Waals surface area contributed by atoms with Crippen molar-refractivity contribution in [1.82, 2.24) is 10.2 Å². The van der Waals surface area contributed by atoms with E-state index in [1.807, 2.05) is 0 Å². The standard InChI is InChI=1S/C25H52N2O2/c1-2-3-4-5-6-7-8-9-10-11-12-13-14-15-17-25(28)24-29-23-16-20-27-21-18-26-19-22-27/h25-26,28H,2-24H2,1H3. The third-order valence-electron chi connectivity index (χ3n) is 6.17. The summed E-state index contributed by atoms with van der Waals surface area (Å²) in [5.74, 6) is 0. The van der Waals surface area contributed by atoms with Gasteiger partial charge in [0.25, 0.3) is 0 Å². The molecule has 0 bridgehead atoms. The van der Waals surface area contributed by atoms with E-state index in [-0.39, 0.29) is 6.10 Å². The van der Waals surface area contributed by atoms with Gasteiger partial charge in [-0.15, -0.1) is 0 Å². The SMILES string of the molecule is CCCCCCCCCCCCCCCCC(O)COCCCN1CCNCC1. The van der Waals surface area contributed by atoms with Crippen LogP contribution in [0.4, 0.5) is 0 Å². The van der Waals surface area contributed by atoms with E-state index in [1.165, 1.54) is 83.5 Å². The Hall–Kier alpha value is -0.160. The molecule has 1 atom stereocenters. The van der Waals surface area contributed by atoms with Crippen molar-refractivity contribution in [3.05, 3.63) is 0 Å². The van der Waals surface area contributed by atoms with Crippen LogP contribution in [0, 0.1) is 0 Å². The molecule has 29 heavy (non-hydrogen) atoms. The molecule has 174 valence electrons. The van der Waals surface area contributed by atoms with Crippen LogP contribution in [-0.4, -0.2) is 62.0 Å². The highest BCUT2D eigenvalue weighted by atomic mass is 16.5. The lowest BCUT2D eigenvalue weighted by atomic mass is 10.0. The summed E-state index contributed by atoms with van der Waals surface area (Å²) in [5.41, 5.74) is 0. The normalized spacial score (nSPS) is 16.3. The van der Waals surface area contributed by atoms with Gasteiger partial charge in [-0.25, -0.2) is 0 Å². The molecule has 0 aromatic carbocycles. The molecule has 0 spiro atoms. The van der Waals surface area contributed by atoms with Crippen LogP contribution in [0.1, 0.15) is 110 Å². The molecule has 2 N–H and O–H groups in total. The number of ether oxygens (including phenoxy) is 1. The molecule has 0 amide bonds. The summed E-state index contributed by atoms with van der Waals surface area (Å²) in [7, 11) is 0. The molecule has 1 heterocycles. The first-order valence-electron chi connectivity index (χ1n) is 13.0. The lowest BCUT2D eigenvalue weighted by Crippen LogP contribution is -2.43. The van der Waals surface area contributed by atoms with Crippen molar-refractivity contribution in [3.63, 3.8) is 0 Å². The monoisotopic (exact) mass is 412 g/mol. The number of aliphatic hydroxyl groups is 1. The molecule has 1 saturated heterocycles. The maximum atomic E-state index is 10.0. The molecular weight excluding hydrogens is 360 g/mol. The number of piperazine rings is 1. The van der Waals surface area contributed by atoms with Gasteiger partial charge in [0.15, 0.2) is 0 Å². The summed E-state index contributed by atoms with van der Waals surface area (Å²) >= 11 is 0. The number of nitrogens with one attached hydrogen (secondary N) is 1. The minimum absolute atomic E-state index is 0.272. The zero-order valence-electron chi connectivity index (χ0n) is 19.6. The fourth-order valence-electron chi connectivity index (χ4n) is 4.20. The summed E-state index contributed by atoms with van der Waals surface area (Å²) in [5, 5.41) is 13.4. The van der Waals surface area contributed by atoms with Crippen LogP contribution in [0.3, 0.4) is 0 Å². The van der Waals surface area contributed by atoms with Gasteiger partial charge in [-0.2, -0.15) is 0 Å². The second-order valence-corrected chi connectivity index (χ2v) is 9.06. The van der Waals surface area contributed by atoms with Crippen LogP contribution in [0.2, 0.25) is 0 Å². The van der Waals surface area contributed by atoms with Crippen molar-refractivity contribution >= 4 is 0 Å². The Balaban J connectivity index is 1.72. The Labute approximate surface area is 182 Å². The number of hydrogen-bond donors (Lipinski definition) is 2. The van der Waals surface area contributed by atoms with Gasteiger partial charge in [-0.05, 0) is 12.8 Å². The van der Waals surface area contributed by atoms with E-state index < -0.39 is 0 Å². The van der Waals surface area contributed by atoms with Crippen LogP contribution in [0.15, 0.2) is 0 Å². The molecule has 1 fully saturated rings. The average Bonchev–Trinajstić information content (AvgIpc) is 2.74. The Morgan fingerprint density at radius 1 is 0.759 bits per heavy atom. The summed E-state index contributed by atoms with van der Waals surface area (Å²) in [6.45, 7) is 9.23. The van der Waals surface area contributed by atoms with E-state index in [1.54, 1.807) is 0 Å². The molecule has 1 rings (SSSR count). The largest absolute Gasteiger partial charge is 0.391 e. The molecule has 0 radical (unpaired) electrons. The van der Waals surface area contributed by atoms with Gasteiger partial charge in [-0.3, -0.25) is 0 Å². The first-order valence-corrected chi connectivity index (χ1v) is 13.0. The van der Waals surface area contributed by atoms with E-state index in [9.17, 15) is 5.11 Å². The van der Waals surface area contributed by atoms with Crippen molar-refractivity contribution in [2.75, 3.05) is 45.9 Å². The number of hydrogen-bond acceptors (Lipinski definition) is 4. The molecule has 1 unspecified atom stereocenters. The number of rotatable bonds is 21.